The van der Waals surface area contributed by atoms with Gasteiger partial charge in [0.15, 0.2) is 11.5 Å². The van der Waals surface area contributed by atoms with Crippen LogP contribution in [0.15, 0.2) is 49.1 Å². The van der Waals surface area contributed by atoms with Gasteiger partial charge in [-0.3, -0.25) is 4.90 Å². The number of hydrogen-bond acceptors (Lipinski definition) is 7. The first kappa shape index (κ1) is 20.6. The molecule has 8 heteroatoms. The summed E-state index contributed by atoms with van der Waals surface area (Å²) in [5, 5.41) is 7.91. The third kappa shape index (κ3) is 4.80. The molecule has 0 aliphatic carbocycles. The van der Waals surface area contributed by atoms with Crippen LogP contribution in [0.2, 0.25) is 0 Å². The summed E-state index contributed by atoms with van der Waals surface area (Å²) in [4.78, 5) is 6.55. The molecule has 2 aromatic carbocycles. The van der Waals surface area contributed by atoms with Crippen molar-refractivity contribution >= 4 is 5.69 Å². The minimum atomic E-state index is 0.402. The molecule has 1 unspecified atom stereocenters. The van der Waals surface area contributed by atoms with Crippen LogP contribution in [0.25, 0.3) is 0 Å². The molecule has 1 fully saturated rings. The maximum absolute atomic E-state index is 5.73. The number of rotatable bonds is 7. The number of methoxy groups -OCH3 is 1. The summed E-state index contributed by atoms with van der Waals surface area (Å²) in [7, 11) is 1.71. The Balaban J connectivity index is 1.23. The van der Waals surface area contributed by atoms with Crippen LogP contribution in [0.4, 0.5) is 5.69 Å². The third-order valence-corrected chi connectivity index (χ3v) is 5.97. The van der Waals surface area contributed by atoms with Gasteiger partial charge >= 0.3 is 0 Å². The Labute approximate surface area is 188 Å². The fraction of sp³-hybridized carbons (Fsp3) is 0.417. The lowest BCUT2D eigenvalue weighted by atomic mass is 10.0. The molecule has 8 nitrogen and oxygen atoms in total. The molecule has 1 saturated heterocycles. The predicted molar refractivity (Wildman–Crippen MR) is 121 cm³/mol. The first-order chi connectivity index (χ1) is 15.8. The summed E-state index contributed by atoms with van der Waals surface area (Å²) < 4.78 is 18.7. The molecule has 0 spiro atoms. The van der Waals surface area contributed by atoms with Crippen LogP contribution in [-0.4, -0.2) is 59.1 Å². The largest absolute Gasteiger partial charge is 0.496 e. The van der Waals surface area contributed by atoms with Gasteiger partial charge in [-0.05, 0) is 49.2 Å². The van der Waals surface area contributed by atoms with Crippen molar-refractivity contribution in [2.45, 2.75) is 32.0 Å². The Hall–Kier alpha value is -3.26. The zero-order valence-electron chi connectivity index (χ0n) is 18.4. The quantitative estimate of drug-likeness (QED) is 0.611. The molecule has 0 saturated carbocycles. The van der Waals surface area contributed by atoms with Crippen LogP contribution < -0.4 is 19.5 Å². The second-order valence-corrected chi connectivity index (χ2v) is 8.32. The molecule has 0 amide bonds. The van der Waals surface area contributed by atoms with Gasteiger partial charge in [0.25, 0.3) is 0 Å². The molecule has 2 aliphatic rings. The van der Waals surface area contributed by atoms with Crippen molar-refractivity contribution in [2.75, 3.05) is 38.7 Å². The first-order valence-corrected chi connectivity index (χ1v) is 11.1. The maximum Gasteiger partial charge on any atom is 0.163 e. The van der Waals surface area contributed by atoms with Crippen molar-refractivity contribution in [3.63, 3.8) is 0 Å². The number of likely N-dealkylation sites (tertiary alicyclic amines) is 1. The third-order valence-electron chi connectivity index (χ3n) is 5.97. The molecule has 0 radical (unpaired) electrons. The van der Waals surface area contributed by atoms with E-state index in [1.807, 2.05) is 16.8 Å². The summed E-state index contributed by atoms with van der Waals surface area (Å²) in [6, 6.07) is 12.9. The van der Waals surface area contributed by atoms with Crippen LogP contribution in [0.5, 0.6) is 17.2 Å². The second-order valence-electron chi connectivity index (χ2n) is 8.32. The summed E-state index contributed by atoms with van der Waals surface area (Å²) in [5.41, 5.74) is 3.47. The monoisotopic (exact) mass is 435 g/mol. The summed E-state index contributed by atoms with van der Waals surface area (Å²) in [6.45, 7) is 4.87. The topological polar surface area (TPSA) is 73.7 Å². The van der Waals surface area contributed by atoms with Gasteiger partial charge in [-0.2, -0.15) is 5.10 Å². The first-order valence-electron chi connectivity index (χ1n) is 11.1. The zero-order valence-corrected chi connectivity index (χ0v) is 18.4. The highest BCUT2D eigenvalue weighted by atomic mass is 16.6. The molecule has 1 atom stereocenters. The van der Waals surface area contributed by atoms with E-state index in [0.717, 1.165) is 54.6 Å². The Morgan fingerprint density at radius 1 is 1.09 bits per heavy atom. The maximum atomic E-state index is 5.73. The SMILES string of the molecule is COc1ccc(CN2CCCC(Nc3ccc4c(c3)OCCO4)C2)cc1Cn1cncn1. The van der Waals surface area contributed by atoms with Crippen molar-refractivity contribution in [1.29, 1.82) is 0 Å². The molecule has 168 valence electrons. The Bertz CT molecular complexity index is 1040. The van der Waals surface area contributed by atoms with Gasteiger partial charge in [0.05, 0.1) is 13.7 Å². The van der Waals surface area contributed by atoms with E-state index in [4.69, 9.17) is 14.2 Å². The van der Waals surface area contributed by atoms with Gasteiger partial charge in [0, 0.05) is 36.4 Å². The number of nitrogens with one attached hydrogen (secondary N) is 1. The molecule has 2 aliphatic heterocycles. The number of anilines is 1. The molecule has 5 rings (SSSR count). The highest BCUT2D eigenvalue weighted by Crippen LogP contribution is 2.33. The lowest BCUT2D eigenvalue weighted by molar-refractivity contribution is 0.171. The fourth-order valence-corrected chi connectivity index (χ4v) is 4.49. The number of hydrogen-bond donors (Lipinski definition) is 1. The van der Waals surface area contributed by atoms with E-state index in [9.17, 15) is 0 Å². The average molecular weight is 436 g/mol. The van der Waals surface area contributed by atoms with Crippen molar-refractivity contribution in [3.05, 3.63) is 60.2 Å². The Morgan fingerprint density at radius 3 is 2.84 bits per heavy atom. The normalized spacial score (nSPS) is 18.3. The van der Waals surface area contributed by atoms with E-state index in [0.29, 0.717) is 25.8 Å². The van der Waals surface area contributed by atoms with Gasteiger partial charge in [-0.15, -0.1) is 0 Å². The number of ether oxygens (including phenoxy) is 3. The number of aromatic nitrogens is 3. The molecular formula is C24H29N5O3. The van der Waals surface area contributed by atoms with Gasteiger partial charge in [-0.1, -0.05) is 6.07 Å². The van der Waals surface area contributed by atoms with Gasteiger partial charge < -0.3 is 19.5 Å². The van der Waals surface area contributed by atoms with E-state index in [1.54, 1.807) is 19.8 Å². The van der Waals surface area contributed by atoms with Gasteiger partial charge in [0.1, 0.15) is 31.6 Å². The van der Waals surface area contributed by atoms with E-state index in [1.165, 1.54) is 12.0 Å². The van der Waals surface area contributed by atoms with Gasteiger partial charge in [0.2, 0.25) is 0 Å². The fourth-order valence-electron chi connectivity index (χ4n) is 4.49. The highest BCUT2D eigenvalue weighted by Gasteiger charge is 2.21. The number of piperidine rings is 1. The molecule has 32 heavy (non-hydrogen) atoms. The average Bonchev–Trinajstić information content (AvgIpc) is 3.33. The minimum Gasteiger partial charge on any atom is -0.496 e. The molecule has 1 N–H and O–H groups in total. The molecule has 1 aromatic heterocycles. The van der Waals surface area contributed by atoms with Crippen LogP contribution in [0.1, 0.15) is 24.0 Å². The van der Waals surface area contributed by atoms with Crippen molar-refractivity contribution in [3.8, 4) is 17.2 Å². The summed E-state index contributed by atoms with van der Waals surface area (Å²) in [6.07, 6.45) is 5.61. The lowest BCUT2D eigenvalue weighted by Crippen LogP contribution is -2.41. The standard InChI is InChI=1S/C24H29N5O3/c1-30-22-6-4-18(11-19(22)14-29-17-25-16-26-29)13-28-8-2-3-21(15-28)27-20-5-7-23-24(12-20)32-10-9-31-23/h4-7,11-12,16-17,21,27H,2-3,8-10,13-15H2,1H3. The van der Waals surface area contributed by atoms with Gasteiger partial charge in [-0.25, -0.2) is 9.67 Å². The van der Waals surface area contributed by atoms with Crippen LogP contribution in [0.3, 0.4) is 0 Å². The van der Waals surface area contributed by atoms with Crippen LogP contribution in [0, 0.1) is 0 Å². The molecule has 3 heterocycles. The van der Waals surface area contributed by atoms with E-state index in [2.05, 4.69) is 44.6 Å². The van der Waals surface area contributed by atoms with Crippen molar-refractivity contribution < 1.29 is 14.2 Å². The van der Waals surface area contributed by atoms with Crippen molar-refractivity contribution in [2.24, 2.45) is 0 Å². The van der Waals surface area contributed by atoms with E-state index < -0.39 is 0 Å². The van der Waals surface area contributed by atoms with E-state index in [-0.39, 0.29) is 0 Å². The number of benzene rings is 2. The van der Waals surface area contributed by atoms with Crippen LogP contribution >= 0.6 is 0 Å². The molecular weight excluding hydrogens is 406 g/mol. The highest BCUT2D eigenvalue weighted by molar-refractivity contribution is 5.55. The number of nitrogens with zero attached hydrogens (tertiary/aromatic N) is 4. The number of fused-ring (bicyclic) bond motifs is 1. The lowest BCUT2D eigenvalue weighted by Gasteiger charge is -2.34. The molecule has 3 aromatic rings. The second kappa shape index (κ2) is 9.48. The predicted octanol–water partition coefficient (Wildman–Crippen LogP) is 3.18. The smallest absolute Gasteiger partial charge is 0.163 e. The minimum absolute atomic E-state index is 0.402. The Morgan fingerprint density at radius 2 is 2.00 bits per heavy atom. The zero-order chi connectivity index (χ0) is 21.8. The molecule has 0 bridgehead atoms. The van der Waals surface area contributed by atoms with E-state index >= 15 is 0 Å². The summed E-state index contributed by atoms with van der Waals surface area (Å²) in [5.74, 6) is 2.53. The van der Waals surface area contributed by atoms with Crippen LogP contribution in [-0.2, 0) is 13.1 Å². The summed E-state index contributed by atoms with van der Waals surface area (Å²) >= 11 is 0. The Kier molecular flexibility index (Phi) is 6.11. The van der Waals surface area contributed by atoms with Crippen molar-refractivity contribution in [1.82, 2.24) is 19.7 Å².